The van der Waals surface area contributed by atoms with E-state index in [2.05, 4.69) is 72.5 Å². The van der Waals surface area contributed by atoms with Crippen LogP contribution in [0.25, 0.3) is 0 Å². The van der Waals surface area contributed by atoms with Gasteiger partial charge >= 0.3 is 0 Å². The third-order valence-electron chi connectivity index (χ3n) is 3.40. The Morgan fingerprint density at radius 2 is 2.10 bits per heavy atom. The molecule has 2 rings (SSSR count). The molecule has 1 N–H and O–H groups in total. The number of pyridine rings is 1. The van der Waals surface area contributed by atoms with E-state index in [1.807, 2.05) is 31.0 Å². The molecule has 0 bridgehead atoms. The van der Waals surface area contributed by atoms with E-state index in [0.717, 1.165) is 27.7 Å². The summed E-state index contributed by atoms with van der Waals surface area (Å²) in [5.74, 6) is 0. The van der Waals surface area contributed by atoms with Crippen LogP contribution in [0.15, 0.2) is 39.9 Å². The molecule has 0 spiro atoms. The van der Waals surface area contributed by atoms with Crippen LogP contribution in [-0.2, 0) is 13.1 Å². The van der Waals surface area contributed by atoms with Gasteiger partial charge in [0.1, 0.15) is 0 Å². The molecule has 0 saturated heterocycles. The quantitative estimate of drug-likeness (QED) is 0.802. The first-order valence-electron chi connectivity index (χ1n) is 6.85. The van der Waals surface area contributed by atoms with Crippen molar-refractivity contribution >= 4 is 31.9 Å². The highest BCUT2D eigenvalue weighted by molar-refractivity contribution is 9.11. The number of halogens is 2. The Bertz CT molecular complexity index is 576. The summed E-state index contributed by atoms with van der Waals surface area (Å²) in [6, 6.07) is 2.34. The third kappa shape index (κ3) is 4.90. The molecule has 2 aromatic heterocycles. The van der Waals surface area contributed by atoms with Gasteiger partial charge in [0.15, 0.2) is 0 Å². The molecule has 21 heavy (non-hydrogen) atoms. The summed E-state index contributed by atoms with van der Waals surface area (Å²) in [6.45, 7) is 8.34. The normalized spacial score (nSPS) is 13.4. The Kier molecular flexibility index (Phi) is 5.57. The Morgan fingerprint density at radius 1 is 1.33 bits per heavy atom. The molecule has 0 saturated carbocycles. The van der Waals surface area contributed by atoms with E-state index in [4.69, 9.17) is 0 Å². The number of hydrogen-bond donors (Lipinski definition) is 1. The molecular formula is C15H20Br2N4. The molecule has 0 aliphatic heterocycles. The first-order chi connectivity index (χ1) is 9.86. The second-order valence-electron chi connectivity index (χ2n) is 6.14. The van der Waals surface area contributed by atoms with E-state index in [9.17, 15) is 0 Å². The highest BCUT2D eigenvalue weighted by atomic mass is 79.9. The molecule has 6 heteroatoms. The van der Waals surface area contributed by atoms with E-state index in [-0.39, 0.29) is 5.41 Å². The minimum atomic E-state index is 0.145. The summed E-state index contributed by atoms with van der Waals surface area (Å²) in [6.07, 6.45) is 7.48. The van der Waals surface area contributed by atoms with Gasteiger partial charge in [-0.25, -0.2) is 4.98 Å². The maximum Gasteiger partial charge on any atom is 0.0946 e. The van der Waals surface area contributed by atoms with E-state index < -0.39 is 0 Å². The molecule has 0 amide bonds. The number of nitrogens with zero attached hydrogens (tertiary/aromatic N) is 3. The molecule has 4 nitrogen and oxygen atoms in total. The maximum absolute atomic E-state index is 4.45. The molecule has 0 aliphatic carbocycles. The van der Waals surface area contributed by atoms with E-state index in [1.54, 1.807) is 0 Å². The molecule has 2 aromatic rings. The summed E-state index contributed by atoms with van der Waals surface area (Å²) in [5, 5.41) is 3.62. The zero-order valence-corrected chi connectivity index (χ0v) is 15.6. The molecule has 1 unspecified atom stereocenters. The molecule has 2 heterocycles. The van der Waals surface area contributed by atoms with Gasteiger partial charge in [0.2, 0.25) is 0 Å². The molecule has 0 aromatic carbocycles. The highest BCUT2D eigenvalue weighted by Crippen LogP contribution is 2.23. The van der Waals surface area contributed by atoms with Crippen LogP contribution in [0.2, 0.25) is 0 Å². The zero-order chi connectivity index (χ0) is 15.5. The van der Waals surface area contributed by atoms with Crippen LogP contribution in [-0.4, -0.2) is 20.6 Å². The van der Waals surface area contributed by atoms with Crippen molar-refractivity contribution in [3.63, 3.8) is 0 Å². The summed E-state index contributed by atoms with van der Waals surface area (Å²) in [4.78, 5) is 8.56. The standard InChI is InChI=1S/C15H20Br2N4/c1-15(2,3)14(9-21-5-4-18-10-21)20-8-13-12(17)6-11(16)7-19-13/h4-7,10,14,20H,8-9H2,1-3H3. The zero-order valence-electron chi connectivity index (χ0n) is 12.5. The third-order valence-corrected chi connectivity index (χ3v) is 4.52. The van der Waals surface area contributed by atoms with Crippen LogP contribution in [0.3, 0.4) is 0 Å². The summed E-state index contributed by atoms with van der Waals surface area (Å²) in [7, 11) is 0. The number of imidazole rings is 1. The van der Waals surface area contributed by atoms with Crippen molar-refractivity contribution in [2.45, 2.75) is 39.9 Å². The van der Waals surface area contributed by atoms with Crippen LogP contribution in [0.1, 0.15) is 26.5 Å². The maximum atomic E-state index is 4.45. The minimum Gasteiger partial charge on any atom is -0.336 e. The number of rotatable bonds is 5. The van der Waals surface area contributed by atoms with Crippen molar-refractivity contribution < 1.29 is 0 Å². The summed E-state index contributed by atoms with van der Waals surface area (Å²) >= 11 is 6.99. The molecule has 0 radical (unpaired) electrons. The molecule has 1 atom stereocenters. The van der Waals surface area contributed by atoms with Crippen molar-refractivity contribution in [3.8, 4) is 0 Å². The lowest BCUT2D eigenvalue weighted by Gasteiger charge is -2.32. The van der Waals surface area contributed by atoms with Gasteiger partial charge in [-0.1, -0.05) is 20.8 Å². The Morgan fingerprint density at radius 3 is 2.67 bits per heavy atom. The van der Waals surface area contributed by atoms with Crippen molar-refractivity contribution in [1.29, 1.82) is 0 Å². The average Bonchev–Trinajstić information content (AvgIpc) is 2.87. The minimum absolute atomic E-state index is 0.145. The monoisotopic (exact) mass is 414 g/mol. The lowest BCUT2D eigenvalue weighted by atomic mass is 9.86. The van der Waals surface area contributed by atoms with Crippen molar-refractivity contribution in [1.82, 2.24) is 19.9 Å². The Hall–Kier alpha value is -0.720. The topological polar surface area (TPSA) is 42.7 Å². The van der Waals surface area contributed by atoms with Crippen molar-refractivity contribution in [2.24, 2.45) is 5.41 Å². The van der Waals surface area contributed by atoms with Crippen molar-refractivity contribution in [3.05, 3.63) is 45.6 Å². The largest absolute Gasteiger partial charge is 0.336 e. The number of aromatic nitrogens is 3. The lowest BCUT2D eigenvalue weighted by Crippen LogP contribution is -2.43. The predicted octanol–water partition coefficient (Wildman–Crippen LogP) is 4.01. The van der Waals surface area contributed by atoms with Gasteiger partial charge in [-0.3, -0.25) is 4.98 Å². The van der Waals surface area contributed by atoms with Crippen LogP contribution in [0, 0.1) is 5.41 Å². The lowest BCUT2D eigenvalue weighted by molar-refractivity contribution is 0.239. The average molecular weight is 416 g/mol. The Balaban J connectivity index is 2.05. The molecule has 0 fully saturated rings. The van der Waals surface area contributed by atoms with Crippen LogP contribution < -0.4 is 5.32 Å². The molecule has 0 aliphatic rings. The van der Waals surface area contributed by atoms with Crippen LogP contribution >= 0.6 is 31.9 Å². The second-order valence-corrected chi connectivity index (χ2v) is 7.91. The SMILES string of the molecule is CC(C)(C)C(Cn1ccnc1)NCc1ncc(Br)cc1Br. The van der Waals surface area contributed by atoms with E-state index >= 15 is 0 Å². The van der Waals surface area contributed by atoms with E-state index in [1.165, 1.54) is 0 Å². The van der Waals surface area contributed by atoms with Gasteiger partial charge in [0.05, 0.1) is 12.0 Å². The molecular weight excluding hydrogens is 396 g/mol. The Labute approximate surface area is 142 Å². The van der Waals surface area contributed by atoms with Crippen LogP contribution in [0.5, 0.6) is 0 Å². The van der Waals surface area contributed by atoms with Gasteiger partial charge in [0, 0.05) is 46.7 Å². The van der Waals surface area contributed by atoms with Crippen molar-refractivity contribution in [2.75, 3.05) is 0 Å². The summed E-state index contributed by atoms with van der Waals surface area (Å²) < 4.78 is 4.09. The fourth-order valence-corrected chi connectivity index (χ4v) is 3.17. The molecule has 114 valence electrons. The first-order valence-corrected chi connectivity index (χ1v) is 8.44. The smallest absolute Gasteiger partial charge is 0.0946 e. The van der Waals surface area contributed by atoms with Gasteiger partial charge < -0.3 is 9.88 Å². The summed E-state index contributed by atoms with van der Waals surface area (Å²) in [5.41, 5.74) is 1.16. The van der Waals surface area contributed by atoms with E-state index in [0.29, 0.717) is 6.04 Å². The first kappa shape index (κ1) is 16.6. The number of nitrogens with one attached hydrogen (secondary N) is 1. The predicted molar refractivity (Wildman–Crippen MR) is 91.9 cm³/mol. The fraction of sp³-hybridized carbons (Fsp3) is 0.467. The number of hydrogen-bond acceptors (Lipinski definition) is 3. The van der Waals surface area contributed by atoms with Gasteiger partial charge in [-0.15, -0.1) is 0 Å². The second kappa shape index (κ2) is 7.03. The highest BCUT2D eigenvalue weighted by Gasteiger charge is 2.24. The fourth-order valence-electron chi connectivity index (χ4n) is 2.04. The van der Waals surface area contributed by atoms with Gasteiger partial charge in [0.25, 0.3) is 0 Å². The van der Waals surface area contributed by atoms with Gasteiger partial charge in [-0.2, -0.15) is 0 Å². The van der Waals surface area contributed by atoms with Crippen LogP contribution in [0.4, 0.5) is 0 Å². The van der Waals surface area contributed by atoms with Gasteiger partial charge in [-0.05, 0) is 43.3 Å².